The third-order valence-electron chi connectivity index (χ3n) is 11.1. The highest BCUT2D eigenvalue weighted by Gasteiger charge is 2.50. The summed E-state index contributed by atoms with van der Waals surface area (Å²) < 4.78 is 6.65. The van der Waals surface area contributed by atoms with E-state index in [1.807, 2.05) is 24.3 Å². The predicted molar refractivity (Wildman–Crippen MR) is 227 cm³/mol. The van der Waals surface area contributed by atoms with Crippen molar-refractivity contribution in [3.05, 3.63) is 240 Å². The van der Waals surface area contributed by atoms with E-state index in [4.69, 9.17) is 15.5 Å². The first-order valence-electron chi connectivity index (χ1n) is 18.6. The SMILES string of the molecule is C=C(/C=C(\N=C(N)c1ccc(-c2ccc3c(c2)C2(c4ccccc4O3)c3ccccc3-c3ccccc32)cc1)c1cccc2ccccc12)c1ccccc1. The van der Waals surface area contributed by atoms with E-state index in [1.165, 1.54) is 22.3 Å². The molecule has 2 aliphatic rings. The highest BCUT2D eigenvalue weighted by Crippen LogP contribution is 2.62. The molecule has 0 atom stereocenters. The van der Waals surface area contributed by atoms with Crippen molar-refractivity contribution in [1.29, 1.82) is 0 Å². The van der Waals surface area contributed by atoms with Crippen LogP contribution in [0, 0.1) is 0 Å². The first kappa shape index (κ1) is 32.4. The molecule has 260 valence electrons. The molecule has 1 heterocycles. The summed E-state index contributed by atoms with van der Waals surface area (Å²) >= 11 is 0. The van der Waals surface area contributed by atoms with Gasteiger partial charge in [0.1, 0.15) is 17.3 Å². The van der Waals surface area contributed by atoms with Crippen molar-refractivity contribution in [2.75, 3.05) is 0 Å². The van der Waals surface area contributed by atoms with Crippen molar-refractivity contribution in [3.8, 4) is 33.8 Å². The van der Waals surface area contributed by atoms with Gasteiger partial charge in [-0.25, -0.2) is 4.99 Å². The highest BCUT2D eigenvalue weighted by atomic mass is 16.5. The Morgan fingerprint density at radius 1 is 0.527 bits per heavy atom. The Morgan fingerprint density at radius 2 is 1.13 bits per heavy atom. The lowest BCUT2D eigenvalue weighted by molar-refractivity contribution is 0.436. The summed E-state index contributed by atoms with van der Waals surface area (Å²) in [6.07, 6.45) is 2.03. The fraction of sp³-hybridized carbons (Fsp3) is 0.0192. The van der Waals surface area contributed by atoms with E-state index in [2.05, 4.69) is 176 Å². The maximum absolute atomic E-state index is 6.85. The van der Waals surface area contributed by atoms with Crippen LogP contribution in [0.5, 0.6) is 11.5 Å². The largest absolute Gasteiger partial charge is 0.457 e. The summed E-state index contributed by atoms with van der Waals surface area (Å²) in [5, 5.41) is 2.24. The Bertz CT molecular complexity index is 2810. The Balaban J connectivity index is 1.06. The van der Waals surface area contributed by atoms with E-state index in [0.29, 0.717) is 5.84 Å². The van der Waals surface area contributed by atoms with Crippen LogP contribution in [0.2, 0.25) is 0 Å². The van der Waals surface area contributed by atoms with Gasteiger partial charge < -0.3 is 10.5 Å². The average Bonchev–Trinajstić information content (AvgIpc) is 3.54. The van der Waals surface area contributed by atoms with Gasteiger partial charge in [0.05, 0.1) is 11.1 Å². The van der Waals surface area contributed by atoms with E-state index >= 15 is 0 Å². The summed E-state index contributed by atoms with van der Waals surface area (Å²) in [4.78, 5) is 5.08. The number of amidine groups is 1. The van der Waals surface area contributed by atoms with Crippen molar-refractivity contribution in [2.24, 2.45) is 10.7 Å². The molecule has 0 aromatic heterocycles. The zero-order valence-electron chi connectivity index (χ0n) is 30.1. The summed E-state index contributed by atoms with van der Waals surface area (Å²) in [6, 6.07) is 65.8. The van der Waals surface area contributed by atoms with Crippen LogP contribution < -0.4 is 10.5 Å². The third-order valence-corrected chi connectivity index (χ3v) is 11.1. The number of fused-ring (bicyclic) bond motifs is 10. The van der Waals surface area contributed by atoms with Crippen molar-refractivity contribution < 1.29 is 4.74 Å². The van der Waals surface area contributed by atoms with Crippen LogP contribution in [0.1, 0.15) is 38.9 Å². The molecule has 1 aliphatic carbocycles. The van der Waals surface area contributed by atoms with E-state index in [0.717, 1.165) is 72.5 Å². The van der Waals surface area contributed by atoms with Crippen LogP contribution in [-0.2, 0) is 5.41 Å². The van der Waals surface area contributed by atoms with Gasteiger partial charge in [-0.3, -0.25) is 0 Å². The van der Waals surface area contributed by atoms with Crippen LogP contribution in [0.15, 0.2) is 206 Å². The van der Waals surface area contributed by atoms with Gasteiger partial charge in [0.25, 0.3) is 0 Å². The van der Waals surface area contributed by atoms with Crippen molar-refractivity contribution >= 4 is 27.9 Å². The van der Waals surface area contributed by atoms with Gasteiger partial charge in [-0.05, 0) is 79.6 Å². The molecule has 0 bridgehead atoms. The molecule has 8 aromatic carbocycles. The molecular weight excluding hydrogens is 669 g/mol. The fourth-order valence-corrected chi connectivity index (χ4v) is 8.58. The lowest BCUT2D eigenvalue weighted by Gasteiger charge is -2.39. The van der Waals surface area contributed by atoms with Gasteiger partial charge in [-0.2, -0.15) is 0 Å². The number of rotatable bonds is 6. The zero-order chi connectivity index (χ0) is 36.9. The average molecular weight is 705 g/mol. The first-order valence-corrected chi connectivity index (χ1v) is 18.6. The standard InChI is InChI=1S/C52H36N2O/c1-34(35-14-3-2-4-15-35)32-48(43-21-13-17-37-16-5-6-18-40(37)43)54-51(53)38-28-26-36(27-29-38)39-30-31-50-47(33-39)52(46-24-11-12-25-49(46)55-50)44-22-9-7-19-41(44)42-20-8-10-23-45(42)52/h2-33H,1H2,(H2,53,54)/b48-32-. The van der Waals surface area contributed by atoms with Crippen LogP contribution in [0.3, 0.4) is 0 Å². The number of ether oxygens (including phenoxy) is 1. The minimum atomic E-state index is -0.515. The second kappa shape index (κ2) is 13.0. The van der Waals surface area contributed by atoms with Gasteiger partial charge >= 0.3 is 0 Å². The molecule has 3 nitrogen and oxygen atoms in total. The van der Waals surface area contributed by atoms with Gasteiger partial charge in [-0.15, -0.1) is 0 Å². The molecule has 1 aliphatic heterocycles. The van der Waals surface area contributed by atoms with Crippen LogP contribution in [0.4, 0.5) is 0 Å². The molecule has 3 heteroatoms. The maximum atomic E-state index is 6.85. The predicted octanol–water partition coefficient (Wildman–Crippen LogP) is 12.4. The van der Waals surface area contributed by atoms with Crippen molar-refractivity contribution in [1.82, 2.24) is 0 Å². The number of nitrogens with two attached hydrogens (primary N) is 1. The summed E-state index contributed by atoms with van der Waals surface area (Å²) in [7, 11) is 0. The molecule has 0 radical (unpaired) electrons. The molecule has 0 saturated carbocycles. The van der Waals surface area contributed by atoms with Gasteiger partial charge in [-0.1, -0.05) is 176 Å². The van der Waals surface area contributed by atoms with Crippen molar-refractivity contribution in [2.45, 2.75) is 5.41 Å². The molecule has 0 unspecified atom stereocenters. The number of hydrogen-bond acceptors (Lipinski definition) is 2. The molecule has 55 heavy (non-hydrogen) atoms. The number of para-hydroxylation sites is 1. The third kappa shape index (κ3) is 5.24. The van der Waals surface area contributed by atoms with Crippen LogP contribution in [0.25, 0.3) is 44.3 Å². The molecule has 2 N–H and O–H groups in total. The zero-order valence-corrected chi connectivity index (χ0v) is 30.1. The van der Waals surface area contributed by atoms with E-state index in [1.54, 1.807) is 0 Å². The minimum Gasteiger partial charge on any atom is -0.457 e. The Morgan fingerprint density at radius 3 is 1.89 bits per heavy atom. The van der Waals surface area contributed by atoms with E-state index < -0.39 is 5.41 Å². The second-order valence-corrected chi connectivity index (χ2v) is 14.2. The fourth-order valence-electron chi connectivity index (χ4n) is 8.58. The topological polar surface area (TPSA) is 47.6 Å². The number of nitrogens with zero attached hydrogens (tertiary/aromatic N) is 1. The Kier molecular flexibility index (Phi) is 7.67. The Labute approximate surface area is 321 Å². The molecule has 8 aromatic rings. The summed E-state index contributed by atoms with van der Waals surface area (Å²) in [6.45, 7) is 4.39. The second-order valence-electron chi connectivity index (χ2n) is 14.2. The summed E-state index contributed by atoms with van der Waals surface area (Å²) in [5.74, 6) is 2.18. The Hall–Kier alpha value is -7.23. The van der Waals surface area contributed by atoms with E-state index in [9.17, 15) is 0 Å². The number of aliphatic imine (C=N–C) groups is 1. The quantitative estimate of drug-likeness (QED) is 0.106. The lowest BCUT2D eigenvalue weighted by Crippen LogP contribution is -2.32. The maximum Gasteiger partial charge on any atom is 0.132 e. The number of allylic oxidation sites excluding steroid dienone is 2. The minimum absolute atomic E-state index is 0.431. The molecule has 0 amide bonds. The van der Waals surface area contributed by atoms with Crippen LogP contribution in [-0.4, -0.2) is 5.84 Å². The van der Waals surface area contributed by atoms with E-state index in [-0.39, 0.29) is 0 Å². The molecule has 0 fully saturated rings. The highest BCUT2D eigenvalue weighted by molar-refractivity contribution is 6.04. The molecule has 10 rings (SSSR count). The van der Waals surface area contributed by atoms with Crippen LogP contribution >= 0.6 is 0 Å². The molecule has 1 spiro atoms. The van der Waals surface area contributed by atoms with Gasteiger partial charge in [0.15, 0.2) is 0 Å². The van der Waals surface area contributed by atoms with Gasteiger partial charge in [0.2, 0.25) is 0 Å². The van der Waals surface area contributed by atoms with Gasteiger partial charge in [0, 0.05) is 22.3 Å². The molecule has 0 saturated heterocycles. The number of hydrogen-bond donors (Lipinski definition) is 1. The first-order chi connectivity index (χ1) is 27.1. The number of benzene rings is 8. The normalized spacial score (nSPS) is 13.7. The smallest absolute Gasteiger partial charge is 0.132 e. The summed E-state index contributed by atoms with van der Waals surface area (Å²) in [5.41, 5.74) is 20.3. The monoisotopic (exact) mass is 704 g/mol. The molecular formula is C52H36N2O. The lowest BCUT2D eigenvalue weighted by atomic mass is 9.66. The van der Waals surface area contributed by atoms with Crippen molar-refractivity contribution in [3.63, 3.8) is 0 Å².